The van der Waals surface area contributed by atoms with E-state index in [2.05, 4.69) is 38.2 Å². The number of hydrogen-bond acceptors (Lipinski definition) is 3. The maximum Gasteiger partial charge on any atom is 0.132 e. The van der Waals surface area contributed by atoms with Crippen molar-refractivity contribution < 1.29 is 4.74 Å². The Bertz CT molecular complexity index is 343. The van der Waals surface area contributed by atoms with Gasteiger partial charge in [0.05, 0.1) is 7.11 Å². The lowest BCUT2D eigenvalue weighted by Crippen LogP contribution is -2.29. The van der Waals surface area contributed by atoms with Gasteiger partial charge < -0.3 is 10.1 Å². The summed E-state index contributed by atoms with van der Waals surface area (Å²) in [6.07, 6.45) is 2.36. The maximum atomic E-state index is 5.38. The van der Waals surface area contributed by atoms with Gasteiger partial charge in [0, 0.05) is 16.2 Å². The number of ether oxygens (including phenoxy) is 1. The summed E-state index contributed by atoms with van der Waals surface area (Å²) in [7, 11) is 1.73. The van der Waals surface area contributed by atoms with Crippen LogP contribution in [-0.2, 0) is 0 Å². The van der Waals surface area contributed by atoms with Gasteiger partial charge in [0.15, 0.2) is 0 Å². The van der Waals surface area contributed by atoms with E-state index in [1.165, 1.54) is 17.7 Å². The van der Waals surface area contributed by atoms with Crippen molar-refractivity contribution in [3.05, 3.63) is 24.3 Å². The van der Waals surface area contributed by atoms with E-state index < -0.39 is 0 Å². The Morgan fingerprint density at radius 1 is 1.28 bits per heavy atom. The third-order valence-corrected chi connectivity index (χ3v) is 4.01. The zero-order valence-electron chi connectivity index (χ0n) is 11.9. The first-order valence-corrected chi connectivity index (χ1v) is 7.58. The third-order valence-electron chi connectivity index (χ3n) is 2.83. The Morgan fingerprint density at radius 3 is 2.67 bits per heavy atom. The first-order chi connectivity index (χ1) is 8.67. The molecule has 0 aliphatic rings. The van der Waals surface area contributed by atoms with Crippen molar-refractivity contribution in [3.63, 3.8) is 0 Å². The molecule has 0 saturated carbocycles. The molecule has 0 fully saturated rings. The number of thioether (sulfide) groups is 1. The molecule has 2 unspecified atom stereocenters. The molecule has 0 amide bonds. The number of methoxy groups -OCH3 is 1. The lowest BCUT2D eigenvalue weighted by atomic mass is 10.2. The highest BCUT2D eigenvalue weighted by Crippen LogP contribution is 2.33. The highest BCUT2D eigenvalue weighted by Gasteiger charge is 2.11. The van der Waals surface area contributed by atoms with Crippen LogP contribution >= 0.6 is 11.8 Å². The van der Waals surface area contributed by atoms with Crippen molar-refractivity contribution in [2.75, 3.05) is 13.7 Å². The molecule has 0 saturated heterocycles. The molecule has 0 radical (unpaired) electrons. The monoisotopic (exact) mass is 267 g/mol. The van der Waals surface area contributed by atoms with Gasteiger partial charge in [-0.3, -0.25) is 0 Å². The molecule has 3 heteroatoms. The fraction of sp³-hybridized carbons (Fsp3) is 0.600. The molecule has 102 valence electrons. The van der Waals surface area contributed by atoms with Crippen molar-refractivity contribution in [2.45, 2.75) is 49.8 Å². The van der Waals surface area contributed by atoms with E-state index in [0.29, 0.717) is 11.3 Å². The van der Waals surface area contributed by atoms with Gasteiger partial charge in [-0.2, -0.15) is 0 Å². The maximum absolute atomic E-state index is 5.38. The molecule has 1 N–H and O–H groups in total. The van der Waals surface area contributed by atoms with E-state index in [4.69, 9.17) is 4.74 Å². The second kappa shape index (κ2) is 8.44. The molecule has 0 aliphatic carbocycles. The van der Waals surface area contributed by atoms with Crippen molar-refractivity contribution in [1.82, 2.24) is 5.32 Å². The largest absolute Gasteiger partial charge is 0.496 e. The molecule has 1 rings (SSSR count). The Balaban J connectivity index is 2.46. The van der Waals surface area contributed by atoms with E-state index in [0.717, 1.165) is 12.3 Å². The summed E-state index contributed by atoms with van der Waals surface area (Å²) in [5, 5.41) is 4.12. The minimum atomic E-state index is 0.571. The molecule has 0 spiro atoms. The average Bonchev–Trinajstić information content (AvgIpc) is 2.36. The zero-order valence-corrected chi connectivity index (χ0v) is 12.7. The van der Waals surface area contributed by atoms with Gasteiger partial charge in [0.1, 0.15) is 5.75 Å². The smallest absolute Gasteiger partial charge is 0.132 e. The van der Waals surface area contributed by atoms with Crippen LogP contribution in [0, 0.1) is 0 Å². The Labute approximate surface area is 116 Å². The number of rotatable bonds is 8. The van der Waals surface area contributed by atoms with Crippen LogP contribution in [0.25, 0.3) is 0 Å². The van der Waals surface area contributed by atoms with Crippen molar-refractivity contribution in [3.8, 4) is 5.75 Å². The van der Waals surface area contributed by atoms with Crippen LogP contribution < -0.4 is 10.1 Å². The molecule has 0 heterocycles. The number of hydrogen-bond donors (Lipinski definition) is 1. The number of benzene rings is 1. The topological polar surface area (TPSA) is 21.3 Å². The first-order valence-electron chi connectivity index (χ1n) is 6.70. The third kappa shape index (κ3) is 5.32. The summed E-state index contributed by atoms with van der Waals surface area (Å²) in [6, 6.07) is 8.80. The quantitative estimate of drug-likeness (QED) is 0.721. The van der Waals surface area contributed by atoms with Gasteiger partial charge in [-0.1, -0.05) is 26.0 Å². The van der Waals surface area contributed by atoms with Gasteiger partial charge in [-0.15, -0.1) is 11.8 Å². The van der Waals surface area contributed by atoms with Crippen molar-refractivity contribution in [1.29, 1.82) is 0 Å². The number of para-hydroxylation sites is 1. The van der Waals surface area contributed by atoms with E-state index in [1.54, 1.807) is 7.11 Å². The summed E-state index contributed by atoms with van der Waals surface area (Å²) in [5.41, 5.74) is 0. The fourth-order valence-electron chi connectivity index (χ4n) is 1.95. The molecule has 2 atom stereocenters. The molecule has 0 aromatic heterocycles. The summed E-state index contributed by atoms with van der Waals surface area (Å²) in [4.78, 5) is 1.23. The van der Waals surface area contributed by atoms with Crippen LogP contribution in [0.15, 0.2) is 29.2 Å². The minimum absolute atomic E-state index is 0.571. The molecule has 1 aromatic rings. The zero-order chi connectivity index (χ0) is 13.4. The van der Waals surface area contributed by atoms with Gasteiger partial charge in [0.2, 0.25) is 0 Å². The van der Waals surface area contributed by atoms with Crippen LogP contribution in [0.1, 0.15) is 33.6 Å². The highest BCUT2D eigenvalue weighted by atomic mass is 32.2. The van der Waals surface area contributed by atoms with Crippen LogP contribution in [0.3, 0.4) is 0 Å². The van der Waals surface area contributed by atoms with Gasteiger partial charge in [0.25, 0.3) is 0 Å². The van der Waals surface area contributed by atoms with Gasteiger partial charge >= 0.3 is 0 Å². The van der Waals surface area contributed by atoms with Crippen LogP contribution in [0.5, 0.6) is 5.75 Å². The van der Waals surface area contributed by atoms with Crippen molar-refractivity contribution in [2.24, 2.45) is 0 Å². The van der Waals surface area contributed by atoms with Gasteiger partial charge in [-0.25, -0.2) is 0 Å². The van der Waals surface area contributed by atoms with E-state index in [1.807, 2.05) is 23.9 Å². The average molecular weight is 267 g/mol. The van der Waals surface area contributed by atoms with Crippen LogP contribution in [-0.4, -0.2) is 24.9 Å². The normalized spacial score (nSPS) is 14.2. The van der Waals surface area contributed by atoms with Crippen LogP contribution in [0.2, 0.25) is 0 Å². The molecule has 0 bridgehead atoms. The highest BCUT2D eigenvalue weighted by molar-refractivity contribution is 8.00. The summed E-state index contributed by atoms with van der Waals surface area (Å²) in [6.45, 7) is 7.84. The summed E-state index contributed by atoms with van der Waals surface area (Å²) < 4.78 is 5.38. The van der Waals surface area contributed by atoms with E-state index >= 15 is 0 Å². The lowest BCUT2D eigenvalue weighted by Gasteiger charge is -2.19. The minimum Gasteiger partial charge on any atom is -0.496 e. The number of nitrogens with one attached hydrogen (secondary N) is 1. The second-order valence-corrected chi connectivity index (χ2v) is 6.15. The van der Waals surface area contributed by atoms with Crippen molar-refractivity contribution >= 4 is 11.8 Å². The Kier molecular flexibility index (Phi) is 7.21. The summed E-state index contributed by atoms with van der Waals surface area (Å²) >= 11 is 1.89. The fourth-order valence-corrected chi connectivity index (χ4v) is 3.20. The molecular formula is C15H25NOS. The molecule has 2 nitrogen and oxygen atoms in total. The molecule has 18 heavy (non-hydrogen) atoms. The summed E-state index contributed by atoms with van der Waals surface area (Å²) in [5.74, 6) is 0.975. The molecular weight excluding hydrogens is 242 g/mol. The van der Waals surface area contributed by atoms with Crippen LogP contribution in [0.4, 0.5) is 0 Å². The predicted molar refractivity (Wildman–Crippen MR) is 80.7 cm³/mol. The SMILES string of the molecule is CCCNC(C)CC(C)Sc1ccccc1OC. The molecule has 0 aliphatic heterocycles. The van der Waals surface area contributed by atoms with E-state index in [9.17, 15) is 0 Å². The Morgan fingerprint density at radius 2 is 2.00 bits per heavy atom. The standard InChI is InChI=1S/C15H25NOS/c1-5-10-16-12(2)11-13(3)18-15-9-7-6-8-14(15)17-4/h6-9,12-13,16H,5,10-11H2,1-4H3. The first kappa shape index (κ1) is 15.4. The second-order valence-electron chi connectivity index (χ2n) is 4.67. The Hall–Kier alpha value is -0.670. The molecule has 1 aromatic carbocycles. The van der Waals surface area contributed by atoms with Gasteiger partial charge in [-0.05, 0) is 38.4 Å². The predicted octanol–water partition coefficient (Wildman–Crippen LogP) is 3.95. The van der Waals surface area contributed by atoms with E-state index in [-0.39, 0.29) is 0 Å². The lowest BCUT2D eigenvalue weighted by molar-refractivity contribution is 0.404.